The lowest BCUT2D eigenvalue weighted by Crippen LogP contribution is -2.08. The number of hydrogen-bond acceptors (Lipinski definition) is 9. The van der Waals surface area contributed by atoms with E-state index in [0.29, 0.717) is 0 Å². The van der Waals surface area contributed by atoms with Crippen molar-refractivity contribution in [3.63, 3.8) is 0 Å². The number of nitrogens with zero attached hydrogens (tertiary/aromatic N) is 1. The molecule has 4 N–H and O–H groups in total. The summed E-state index contributed by atoms with van der Waals surface area (Å²) in [5.74, 6) is -3.37. The first kappa shape index (κ1) is 18.8. The highest BCUT2D eigenvalue weighted by Gasteiger charge is 2.20. The van der Waals surface area contributed by atoms with Crippen molar-refractivity contribution in [1.29, 1.82) is 0 Å². The van der Waals surface area contributed by atoms with E-state index < -0.39 is 28.6 Å². The molecule has 0 saturated heterocycles. The standard InChI is InChI=1S/C21H13NO8/c23-12-7-14(25)17-16(8-12)29-20(19(27)18(17)26)10-3-4-15(13(24)6-10)30-21(28)11-2-1-5-22-9-11/h1-9,23-25,27H. The van der Waals surface area contributed by atoms with E-state index in [1.807, 2.05) is 0 Å². The number of hydrogen-bond donors (Lipinski definition) is 4. The van der Waals surface area contributed by atoms with Crippen LogP contribution < -0.4 is 10.2 Å². The largest absolute Gasteiger partial charge is 0.508 e. The van der Waals surface area contributed by atoms with E-state index in [1.54, 1.807) is 6.07 Å². The highest BCUT2D eigenvalue weighted by molar-refractivity contribution is 5.91. The van der Waals surface area contributed by atoms with Crippen LogP contribution in [0.3, 0.4) is 0 Å². The summed E-state index contributed by atoms with van der Waals surface area (Å²) in [5, 5.41) is 39.6. The first-order valence-electron chi connectivity index (χ1n) is 8.52. The van der Waals surface area contributed by atoms with E-state index in [0.717, 1.165) is 18.2 Å². The topological polar surface area (TPSA) is 150 Å². The van der Waals surface area contributed by atoms with Crippen LogP contribution >= 0.6 is 0 Å². The lowest BCUT2D eigenvalue weighted by Gasteiger charge is -2.10. The predicted octanol–water partition coefficient (Wildman–Crippen LogP) is 2.90. The molecule has 0 aliphatic heterocycles. The van der Waals surface area contributed by atoms with Crippen LogP contribution in [-0.2, 0) is 0 Å². The fourth-order valence-corrected chi connectivity index (χ4v) is 2.86. The molecule has 2 aromatic heterocycles. The number of aromatic hydroxyl groups is 4. The van der Waals surface area contributed by atoms with Gasteiger partial charge >= 0.3 is 5.97 Å². The van der Waals surface area contributed by atoms with Crippen LogP contribution in [0.5, 0.6) is 28.7 Å². The van der Waals surface area contributed by atoms with Gasteiger partial charge in [0.15, 0.2) is 17.3 Å². The summed E-state index contributed by atoms with van der Waals surface area (Å²) in [6.45, 7) is 0. The smallest absolute Gasteiger partial charge is 0.345 e. The number of ether oxygens (including phenoxy) is 1. The lowest BCUT2D eigenvalue weighted by atomic mass is 10.1. The zero-order valence-electron chi connectivity index (χ0n) is 15.1. The average Bonchev–Trinajstić information content (AvgIpc) is 2.72. The third-order valence-corrected chi connectivity index (χ3v) is 4.26. The van der Waals surface area contributed by atoms with Crippen molar-refractivity contribution in [2.24, 2.45) is 0 Å². The number of carbonyl (C=O) groups excluding carboxylic acids is 1. The highest BCUT2D eigenvalue weighted by Crippen LogP contribution is 2.38. The van der Waals surface area contributed by atoms with E-state index in [2.05, 4.69) is 4.98 Å². The number of phenolic OH excluding ortho intramolecular Hbond substituents is 3. The van der Waals surface area contributed by atoms with Crippen molar-refractivity contribution in [2.75, 3.05) is 0 Å². The van der Waals surface area contributed by atoms with Crippen LogP contribution in [0.2, 0.25) is 0 Å². The van der Waals surface area contributed by atoms with Gasteiger partial charge in [-0.25, -0.2) is 4.79 Å². The van der Waals surface area contributed by atoms with Crippen LogP contribution in [0, 0.1) is 0 Å². The van der Waals surface area contributed by atoms with Gasteiger partial charge in [-0.15, -0.1) is 0 Å². The number of benzene rings is 2. The van der Waals surface area contributed by atoms with E-state index in [4.69, 9.17) is 9.15 Å². The molecule has 4 aromatic rings. The molecule has 0 spiro atoms. The number of aromatic nitrogens is 1. The van der Waals surface area contributed by atoms with Gasteiger partial charge in [-0.2, -0.15) is 0 Å². The summed E-state index contributed by atoms with van der Waals surface area (Å²) >= 11 is 0. The number of phenols is 3. The van der Waals surface area contributed by atoms with Gasteiger partial charge < -0.3 is 29.6 Å². The Bertz CT molecular complexity index is 1340. The van der Waals surface area contributed by atoms with Crippen LogP contribution in [0.1, 0.15) is 10.4 Å². The maximum atomic E-state index is 12.4. The highest BCUT2D eigenvalue weighted by atomic mass is 16.5. The Labute approximate surface area is 167 Å². The molecule has 9 nitrogen and oxygen atoms in total. The molecule has 0 fully saturated rings. The summed E-state index contributed by atoms with van der Waals surface area (Å²) in [5.41, 5.74) is -0.820. The summed E-state index contributed by atoms with van der Waals surface area (Å²) in [6.07, 6.45) is 2.80. The second kappa shape index (κ2) is 7.13. The number of pyridine rings is 1. The summed E-state index contributed by atoms with van der Waals surface area (Å²) in [4.78, 5) is 28.3. The normalized spacial score (nSPS) is 10.8. The molecule has 2 heterocycles. The van der Waals surface area contributed by atoms with Crippen LogP contribution in [0.25, 0.3) is 22.3 Å². The molecule has 0 unspecified atom stereocenters. The molecular weight excluding hydrogens is 394 g/mol. The zero-order valence-corrected chi connectivity index (χ0v) is 15.1. The van der Waals surface area contributed by atoms with Crippen LogP contribution in [-0.4, -0.2) is 31.4 Å². The van der Waals surface area contributed by atoms with Gasteiger partial charge in [0.1, 0.15) is 22.5 Å². The first-order chi connectivity index (χ1) is 14.3. The molecule has 0 bridgehead atoms. The Balaban J connectivity index is 1.74. The molecule has 0 amide bonds. The van der Waals surface area contributed by atoms with E-state index >= 15 is 0 Å². The van der Waals surface area contributed by atoms with Crippen molar-refractivity contribution in [2.45, 2.75) is 0 Å². The van der Waals surface area contributed by atoms with Gasteiger partial charge in [-0.3, -0.25) is 9.78 Å². The molecule has 0 radical (unpaired) electrons. The van der Waals surface area contributed by atoms with Crippen molar-refractivity contribution in [3.8, 4) is 40.1 Å². The summed E-state index contributed by atoms with van der Waals surface area (Å²) < 4.78 is 10.6. The van der Waals surface area contributed by atoms with Gasteiger partial charge in [-0.05, 0) is 30.3 Å². The molecule has 0 aliphatic rings. The van der Waals surface area contributed by atoms with E-state index in [9.17, 15) is 30.0 Å². The Morgan fingerprint density at radius 1 is 1.00 bits per heavy atom. The molecular formula is C21H13NO8. The lowest BCUT2D eigenvalue weighted by molar-refractivity contribution is 0.0729. The number of esters is 1. The third-order valence-electron chi connectivity index (χ3n) is 4.26. The monoisotopic (exact) mass is 407 g/mol. The Morgan fingerprint density at radius 2 is 1.80 bits per heavy atom. The quantitative estimate of drug-likeness (QED) is 0.297. The average molecular weight is 407 g/mol. The minimum absolute atomic E-state index is 0.0907. The SMILES string of the molecule is O=C(Oc1ccc(-c2oc3cc(O)cc(O)c3c(=O)c2O)cc1O)c1cccnc1. The number of fused-ring (bicyclic) bond motifs is 1. The van der Waals surface area contributed by atoms with Gasteiger partial charge in [0.2, 0.25) is 11.2 Å². The minimum atomic E-state index is -0.921. The molecule has 2 aromatic carbocycles. The number of rotatable bonds is 3. The van der Waals surface area contributed by atoms with Crippen molar-refractivity contribution in [1.82, 2.24) is 4.98 Å². The third kappa shape index (κ3) is 3.24. The van der Waals surface area contributed by atoms with Gasteiger partial charge in [0.05, 0.1) is 5.56 Å². The van der Waals surface area contributed by atoms with Gasteiger partial charge in [-0.1, -0.05) is 0 Å². The number of carbonyl (C=O) groups is 1. The fourth-order valence-electron chi connectivity index (χ4n) is 2.86. The first-order valence-corrected chi connectivity index (χ1v) is 8.52. The van der Waals surface area contributed by atoms with Crippen molar-refractivity contribution < 1.29 is 34.4 Å². The maximum absolute atomic E-state index is 12.4. The van der Waals surface area contributed by atoms with Crippen molar-refractivity contribution >= 4 is 16.9 Å². The van der Waals surface area contributed by atoms with E-state index in [-0.39, 0.29) is 39.4 Å². The second-order valence-corrected chi connectivity index (χ2v) is 6.26. The van der Waals surface area contributed by atoms with Crippen LogP contribution in [0.15, 0.2) is 64.1 Å². The van der Waals surface area contributed by atoms with Gasteiger partial charge in [0.25, 0.3) is 0 Å². The fraction of sp³-hybridized carbons (Fsp3) is 0. The predicted molar refractivity (Wildman–Crippen MR) is 104 cm³/mol. The van der Waals surface area contributed by atoms with Gasteiger partial charge in [0, 0.05) is 30.1 Å². The molecule has 0 aliphatic carbocycles. The van der Waals surface area contributed by atoms with E-state index in [1.165, 1.54) is 30.6 Å². The summed E-state index contributed by atoms with van der Waals surface area (Å²) in [6, 6.07) is 8.81. The molecule has 0 saturated carbocycles. The van der Waals surface area contributed by atoms with Crippen molar-refractivity contribution in [3.05, 3.63) is 70.6 Å². The Morgan fingerprint density at radius 3 is 2.50 bits per heavy atom. The molecule has 150 valence electrons. The summed E-state index contributed by atoms with van der Waals surface area (Å²) in [7, 11) is 0. The molecule has 4 rings (SSSR count). The zero-order chi connectivity index (χ0) is 21.4. The molecule has 30 heavy (non-hydrogen) atoms. The minimum Gasteiger partial charge on any atom is -0.508 e. The molecule has 0 atom stereocenters. The maximum Gasteiger partial charge on any atom is 0.345 e. The molecule has 9 heteroatoms. The Hall–Kier alpha value is -4.53. The Kier molecular flexibility index (Phi) is 4.47. The van der Waals surface area contributed by atoms with Crippen LogP contribution in [0.4, 0.5) is 0 Å². The second-order valence-electron chi connectivity index (χ2n) is 6.26.